The average molecular weight is 369 g/mol. The van der Waals surface area contributed by atoms with Crippen molar-refractivity contribution in [1.82, 2.24) is 20.0 Å². The highest BCUT2D eigenvalue weighted by molar-refractivity contribution is 5.79. The highest BCUT2D eigenvalue weighted by atomic mass is 16.5. The van der Waals surface area contributed by atoms with Crippen molar-refractivity contribution in [3.63, 3.8) is 0 Å². The van der Waals surface area contributed by atoms with Crippen molar-refractivity contribution in [3.8, 4) is 0 Å². The molecule has 0 spiro atoms. The van der Waals surface area contributed by atoms with Crippen LogP contribution in [0.5, 0.6) is 0 Å². The molecular formula is C19H36N4O3. The number of nitrogens with one attached hydrogen (secondary N) is 1. The molecule has 0 saturated carbocycles. The fraction of sp³-hybridized carbons (Fsp3) is 0.895. The molecule has 1 N–H and O–H groups in total. The van der Waals surface area contributed by atoms with Gasteiger partial charge in [0, 0.05) is 44.9 Å². The smallest absolute Gasteiger partial charge is 0.236 e. The highest BCUT2D eigenvalue weighted by Gasteiger charge is 2.25. The van der Waals surface area contributed by atoms with Crippen LogP contribution < -0.4 is 5.32 Å². The molecule has 0 aromatic carbocycles. The summed E-state index contributed by atoms with van der Waals surface area (Å²) in [4.78, 5) is 30.6. The van der Waals surface area contributed by atoms with Crippen molar-refractivity contribution in [2.24, 2.45) is 0 Å². The maximum Gasteiger partial charge on any atom is 0.236 e. The van der Waals surface area contributed by atoms with Gasteiger partial charge in [-0.3, -0.25) is 19.4 Å². The van der Waals surface area contributed by atoms with Gasteiger partial charge in [-0.2, -0.15) is 0 Å². The molecule has 2 rings (SSSR count). The highest BCUT2D eigenvalue weighted by Crippen LogP contribution is 2.13. The summed E-state index contributed by atoms with van der Waals surface area (Å²) < 4.78 is 5.75. The van der Waals surface area contributed by atoms with Gasteiger partial charge in [0.15, 0.2) is 0 Å². The number of nitrogens with zero attached hydrogens (tertiary/aromatic N) is 3. The van der Waals surface area contributed by atoms with Crippen LogP contribution in [-0.4, -0.2) is 97.6 Å². The topological polar surface area (TPSA) is 65.1 Å². The number of likely N-dealkylation sites (N-methyl/N-ethyl adjacent to an activating group) is 1. The Bertz CT molecular complexity index is 464. The van der Waals surface area contributed by atoms with Gasteiger partial charge in [-0.25, -0.2) is 0 Å². The first-order valence-corrected chi connectivity index (χ1v) is 9.84. The summed E-state index contributed by atoms with van der Waals surface area (Å²) in [6.07, 6.45) is 3.72. The molecule has 2 amide bonds. The molecule has 0 aromatic heterocycles. The Morgan fingerprint density at radius 2 is 1.85 bits per heavy atom. The monoisotopic (exact) mass is 368 g/mol. The van der Waals surface area contributed by atoms with Crippen molar-refractivity contribution in [1.29, 1.82) is 0 Å². The van der Waals surface area contributed by atoms with E-state index in [4.69, 9.17) is 4.74 Å². The zero-order chi connectivity index (χ0) is 19.2. The summed E-state index contributed by atoms with van der Waals surface area (Å²) in [5.74, 6) is 0.214. The Balaban J connectivity index is 1.66. The first-order valence-electron chi connectivity index (χ1n) is 9.84. The van der Waals surface area contributed by atoms with Crippen molar-refractivity contribution in [2.45, 2.75) is 51.7 Å². The minimum atomic E-state index is -0.207. The first-order chi connectivity index (χ1) is 12.2. The van der Waals surface area contributed by atoms with Crippen LogP contribution in [0.2, 0.25) is 0 Å². The first kappa shape index (κ1) is 21.1. The van der Waals surface area contributed by atoms with E-state index in [0.717, 1.165) is 39.1 Å². The lowest BCUT2D eigenvalue weighted by Crippen LogP contribution is -2.54. The van der Waals surface area contributed by atoms with Gasteiger partial charge in [-0.1, -0.05) is 0 Å². The summed E-state index contributed by atoms with van der Waals surface area (Å²) in [7, 11) is 1.99. The zero-order valence-corrected chi connectivity index (χ0v) is 16.9. The third-order valence-corrected chi connectivity index (χ3v) is 4.80. The minimum absolute atomic E-state index is 0.0458. The van der Waals surface area contributed by atoms with E-state index in [9.17, 15) is 9.59 Å². The Labute approximate surface area is 158 Å². The SMILES string of the molecule is CN(CC(=O)N1CCN(CC(=O)NC(C)(C)C)CC1)CC1CCCCO1. The molecule has 1 unspecified atom stereocenters. The van der Waals surface area contributed by atoms with Gasteiger partial charge in [-0.05, 0) is 47.1 Å². The van der Waals surface area contributed by atoms with E-state index < -0.39 is 0 Å². The van der Waals surface area contributed by atoms with Gasteiger partial charge in [0.1, 0.15) is 0 Å². The van der Waals surface area contributed by atoms with E-state index >= 15 is 0 Å². The molecule has 150 valence electrons. The molecule has 2 heterocycles. The lowest BCUT2D eigenvalue weighted by atomic mass is 10.1. The van der Waals surface area contributed by atoms with E-state index in [1.54, 1.807) is 0 Å². The Morgan fingerprint density at radius 1 is 1.15 bits per heavy atom. The van der Waals surface area contributed by atoms with Crippen LogP contribution in [0.3, 0.4) is 0 Å². The van der Waals surface area contributed by atoms with Crippen LogP contribution in [0.15, 0.2) is 0 Å². The van der Waals surface area contributed by atoms with E-state index in [1.807, 2.05) is 32.7 Å². The molecule has 2 fully saturated rings. The van der Waals surface area contributed by atoms with Crippen molar-refractivity contribution in [2.75, 3.05) is 59.5 Å². The zero-order valence-electron chi connectivity index (χ0n) is 16.9. The van der Waals surface area contributed by atoms with Gasteiger partial charge in [0.05, 0.1) is 19.2 Å². The second-order valence-corrected chi connectivity index (χ2v) is 8.64. The predicted octanol–water partition coefficient (Wildman–Crippen LogP) is 0.546. The third kappa shape index (κ3) is 7.60. The molecule has 2 saturated heterocycles. The van der Waals surface area contributed by atoms with E-state index in [2.05, 4.69) is 15.1 Å². The van der Waals surface area contributed by atoms with E-state index in [0.29, 0.717) is 26.2 Å². The standard InChI is InChI=1S/C19H36N4O3/c1-19(2,3)20-17(24)14-22-8-10-23(11-9-22)18(25)15-21(4)13-16-7-5-6-12-26-16/h16H,5-15H2,1-4H3,(H,20,24). The molecule has 26 heavy (non-hydrogen) atoms. The lowest BCUT2D eigenvalue weighted by Gasteiger charge is -2.36. The van der Waals surface area contributed by atoms with Crippen LogP contribution >= 0.6 is 0 Å². The van der Waals surface area contributed by atoms with E-state index in [-0.39, 0.29) is 23.5 Å². The lowest BCUT2D eigenvalue weighted by molar-refractivity contribution is -0.134. The molecule has 0 bridgehead atoms. The molecular weight excluding hydrogens is 332 g/mol. The maximum absolute atomic E-state index is 12.5. The molecule has 0 aromatic rings. The van der Waals surface area contributed by atoms with Crippen LogP contribution in [-0.2, 0) is 14.3 Å². The quantitative estimate of drug-likeness (QED) is 0.742. The molecule has 2 aliphatic heterocycles. The van der Waals surface area contributed by atoms with Crippen LogP contribution in [0.25, 0.3) is 0 Å². The second kappa shape index (κ2) is 9.67. The molecule has 0 aliphatic carbocycles. The van der Waals surface area contributed by atoms with Crippen molar-refractivity contribution >= 4 is 11.8 Å². The van der Waals surface area contributed by atoms with Crippen molar-refractivity contribution < 1.29 is 14.3 Å². The third-order valence-electron chi connectivity index (χ3n) is 4.80. The number of hydrogen-bond donors (Lipinski definition) is 1. The summed E-state index contributed by atoms with van der Waals surface area (Å²) in [5, 5.41) is 2.99. The Kier molecular flexibility index (Phi) is 7.85. The van der Waals surface area contributed by atoms with Crippen LogP contribution in [0, 0.1) is 0 Å². The number of amides is 2. The summed E-state index contributed by atoms with van der Waals surface area (Å²) >= 11 is 0. The summed E-state index contributed by atoms with van der Waals surface area (Å²) in [6, 6.07) is 0. The van der Waals surface area contributed by atoms with Gasteiger partial charge >= 0.3 is 0 Å². The fourth-order valence-electron chi connectivity index (χ4n) is 3.51. The molecule has 7 nitrogen and oxygen atoms in total. The van der Waals surface area contributed by atoms with Crippen LogP contribution in [0.1, 0.15) is 40.0 Å². The average Bonchev–Trinajstić information content (AvgIpc) is 2.54. The van der Waals surface area contributed by atoms with Crippen molar-refractivity contribution in [3.05, 3.63) is 0 Å². The molecule has 7 heteroatoms. The summed E-state index contributed by atoms with van der Waals surface area (Å²) in [6.45, 7) is 11.3. The predicted molar refractivity (Wildman–Crippen MR) is 102 cm³/mol. The maximum atomic E-state index is 12.5. The number of rotatable bonds is 6. The Hall–Kier alpha value is -1.18. The van der Waals surface area contributed by atoms with Gasteiger partial charge < -0.3 is 15.0 Å². The fourth-order valence-corrected chi connectivity index (χ4v) is 3.51. The number of hydrogen-bond acceptors (Lipinski definition) is 5. The van der Waals surface area contributed by atoms with Crippen LogP contribution in [0.4, 0.5) is 0 Å². The Morgan fingerprint density at radius 3 is 2.42 bits per heavy atom. The van der Waals surface area contributed by atoms with Gasteiger partial charge in [-0.15, -0.1) is 0 Å². The molecule has 2 aliphatic rings. The van der Waals surface area contributed by atoms with Gasteiger partial charge in [0.25, 0.3) is 0 Å². The number of carbonyl (C=O) groups is 2. The number of carbonyl (C=O) groups excluding carboxylic acids is 2. The number of ether oxygens (including phenoxy) is 1. The molecule has 0 radical (unpaired) electrons. The minimum Gasteiger partial charge on any atom is -0.377 e. The number of piperazine rings is 1. The van der Waals surface area contributed by atoms with Gasteiger partial charge in [0.2, 0.25) is 11.8 Å². The second-order valence-electron chi connectivity index (χ2n) is 8.64. The summed E-state index contributed by atoms with van der Waals surface area (Å²) in [5.41, 5.74) is -0.207. The van der Waals surface area contributed by atoms with E-state index in [1.165, 1.54) is 6.42 Å². The largest absolute Gasteiger partial charge is 0.377 e. The molecule has 1 atom stereocenters. The normalized spacial score (nSPS) is 22.5.